The number of amides is 1. The smallest absolute Gasteiger partial charge is 0.257 e. The van der Waals surface area contributed by atoms with Gasteiger partial charge in [-0.3, -0.25) is 14.4 Å². The quantitative estimate of drug-likeness (QED) is 0.791. The van der Waals surface area contributed by atoms with Crippen molar-refractivity contribution < 1.29 is 14.6 Å². The monoisotopic (exact) mass is 338 g/mol. The first kappa shape index (κ1) is 18.9. The normalized spacial score (nSPS) is 17.3. The zero-order valence-electron chi connectivity index (χ0n) is 15.3. The molecule has 7 nitrogen and oxygen atoms in total. The third-order valence-corrected chi connectivity index (χ3v) is 4.54. The molecular formula is C17H30N4O3. The number of aryl methyl sites for hydroxylation is 2. The Labute approximate surface area is 144 Å². The van der Waals surface area contributed by atoms with E-state index in [0.717, 1.165) is 36.6 Å². The fraction of sp³-hybridized carbons (Fsp3) is 0.765. The number of β-amino-alcohol motifs (C(OH)–C–C–N with tert-alkyl or cyclic N) is 1. The van der Waals surface area contributed by atoms with Gasteiger partial charge in [-0.25, -0.2) is 0 Å². The number of hydrogen-bond donors (Lipinski definition) is 1. The zero-order valence-corrected chi connectivity index (χ0v) is 15.3. The second-order valence-corrected chi connectivity index (χ2v) is 6.27. The Kier molecular flexibility index (Phi) is 6.77. The highest BCUT2D eigenvalue weighted by Gasteiger charge is 2.27. The summed E-state index contributed by atoms with van der Waals surface area (Å²) in [6.07, 6.45) is -0.473. The van der Waals surface area contributed by atoms with Crippen molar-refractivity contribution in [2.45, 2.75) is 40.3 Å². The van der Waals surface area contributed by atoms with Crippen LogP contribution in [-0.4, -0.2) is 82.6 Å². The Hall–Kier alpha value is -1.44. The van der Waals surface area contributed by atoms with Gasteiger partial charge in [0.15, 0.2) is 0 Å². The van der Waals surface area contributed by atoms with Crippen molar-refractivity contribution in [2.75, 3.05) is 45.9 Å². The van der Waals surface area contributed by atoms with E-state index < -0.39 is 6.10 Å². The minimum atomic E-state index is -0.473. The molecule has 1 aromatic heterocycles. The second-order valence-electron chi connectivity index (χ2n) is 6.27. The number of rotatable bonds is 7. The molecule has 0 bridgehead atoms. The van der Waals surface area contributed by atoms with Crippen molar-refractivity contribution in [3.63, 3.8) is 0 Å². The summed E-state index contributed by atoms with van der Waals surface area (Å²) in [7, 11) is 0. The van der Waals surface area contributed by atoms with Crippen LogP contribution >= 0.6 is 0 Å². The van der Waals surface area contributed by atoms with Gasteiger partial charge in [0, 0.05) is 51.6 Å². The lowest BCUT2D eigenvalue weighted by Crippen LogP contribution is -2.51. The number of aromatic nitrogens is 2. The number of carbonyl (C=O) groups is 1. The van der Waals surface area contributed by atoms with Crippen LogP contribution in [0.3, 0.4) is 0 Å². The van der Waals surface area contributed by atoms with Crippen molar-refractivity contribution >= 4 is 5.91 Å². The van der Waals surface area contributed by atoms with E-state index in [1.165, 1.54) is 0 Å². The maximum absolute atomic E-state index is 12.8. The van der Waals surface area contributed by atoms with Gasteiger partial charge in [-0.05, 0) is 27.7 Å². The van der Waals surface area contributed by atoms with Gasteiger partial charge in [0.25, 0.3) is 5.91 Å². The standard InChI is InChI=1S/C17H30N4O3/c1-5-21-14(4)16(13(3)18-21)17(23)20-9-7-19(8-10-20)11-15(22)12-24-6-2/h15,22H,5-12H2,1-4H3/t15-/m0/s1. The summed E-state index contributed by atoms with van der Waals surface area (Å²) in [5.74, 6) is 0.0687. The highest BCUT2D eigenvalue weighted by atomic mass is 16.5. The Bertz CT molecular complexity index is 550. The van der Waals surface area contributed by atoms with E-state index in [1.54, 1.807) is 0 Å². The number of carbonyl (C=O) groups excluding carboxylic acids is 1. The SMILES string of the molecule is CCOC[C@@H](O)CN1CCN(C(=O)c2c(C)nn(CC)c2C)CC1. The number of hydrogen-bond acceptors (Lipinski definition) is 5. The van der Waals surface area contributed by atoms with Gasteiger partial charge in [0.05, 0.1) is 24.0 Å². The molecule has 7 heteroatoms. The molecule has 0 aliphatic carbocycles. The highest BCUT2D eigenvalue weighted by Crippen LogP contribution is 2.17. The van der Waals surface area contributed by atoms with Crippen LogP contribution in [0.25, 0.3) is 0 Å². The fourth-order valence-corrected chi connectivity index (χ4v) is 3.21. The molecule has 1 atom stereocenters. The molecule has 2 rings (SSSR count). The number of ether oxygens (including phenoxy) is 1. The van der Waals surface area contributed by atoms with Crippen molar-refractivity contribution in [3.8, 4) is 0 Å². The molecule has 0 unspecified atom stereocenters. The summed E-state index contributed by atoms with van der Waals surface area (Å²) in [4.78, 5) is 16.9. The lowest BCUT2D eigenvalue weighted by molar-refractivity contribution is 0.0111. The van der Waals surface area contributed by atoms with Crippen LogP contribution in [0, 0.1) is 13.8 Å². The molecule has 1 aromatic rings. The lowest BCUT2D eigenvalue weighted by Gasteiger charge is -2.35. The van der Waals surface area contributed by atoms with Crippen LogP contribution in [0.2, 0.25) is 0 Å². The van der Waals surface area contributed by atoms with E-state index in [4.69, 9.17) is 4.74 Å². The summed E-state index contributed by atoms with van der Waals surface area (Å²) in [6, 6.07) is 0. The summed E-state index contributed by atoms with van der Waals surface area (Å²) in [5, 5.41) is 14.4. The molecule has 0 saturated carbocycles. The van der Waals surface area contributed by atoms with Crippen LogP contribution < -0.4 is 0 Å². The van der Waals surface area contributed by atoms with E-state index in [9.17, 15) is 9.90 Å². The van der Waals surface area contributed by atoms with Crippen LogP contribution in [0.5, 0.6) is 0 Å². The Morgan fingerprint density at radius 2 is 1.92 bits per heavy atom. The maximum Gasteiger partial charge on any atom is 0.257 e. The Morgan fingerprint density at radius 3 is 2.46 bits per heavy atom. The molecule has 136 valence electrons. The Morgan fingerprint density at radius 1 is 1.25 bits per heavy atom. The first-order valence-electron chi connectivity index (χ1n) is 8.79. The van der Waals surface area contributed by atoms with Crippen molar-refractivity contribution in [1.82, 2.24) is 19.6 Å². The minimum Gasteiger partial charge on any atom is -0.389 e. The van der Waals surface area contributed by atoms with E-state index >= 15 is 0 Å². The third-order valence-electron chi connectivity index (χ3n) is 4.54. The van der Waals surface area contributed by atoms with Gasteiger partial charge in [-0.1, -0.05) is 0 Å². The third kappa shape index (κ3) is 4.34. The molecule has 24 heavy (non-hydrogen) atoms. The molecular weight excluding hydrogens is 308 g/mol. The average Bonchev–Trinajstić information content (AvgIpc) is 2.87. The summed E-state index contributed by atoms with van der Waals surface area (Å²) in [5.41, 5.74) is 2.48. The number of aliphatic hydroxyl groups excluding tert-OH is 1. The van der Waals surface area contributed by atoms with Gasteiger partial charge in [0.2, 0.25) is 0 Å². The molecule has 0 radical (unpaired) electrons. The van der Waals surface area contributed by atoms with Crippen LogP contribution in [-0.2, 0) is 11.3 Å². The van der Waals surface area contributed by atoms with Crippen LogP contribution in [0.1, 0.15) is 35.6 Å². The van der Waals surface area contributed by atoms with E-state index in [-0.39, 0.29) is 5.91 Å². The van der Waals surface area contributed by atoms with Crippen molar-refractivity contribution in [2.24, 2.45) is 0 Å². The van der Waals surface area contributed by atoms with Crippen LogP contribution in [0.4, 0.5) is 0 Å². The molecule has 1 amide bonds. The van der Waals surface area contributed by atoms with E-state index in [2.05, 4.69) is 10.00 Å². The summed E-state index contributed by atoms with van der Waals surface area (Å²) >= 11 is 0. The summed E-state index contributed by atoms with van der Waals surface area (Å²) < 4.78 is 7.12. The number of piperazine rings is 1. The molecule has 0 spiro atoms. The second kappa shape index (κ2) is 8.60. The highest BCUT2D eigenvalue weighted by molar-refractivity contribution is 5.96. The average molecular weight is 338 g/mol. The van der Waals surface area contributed by atoms with E-state index in [0.29, 0.717) is 32.8 Å². The van der Waals surface area contributed by atoms with E-state index in [1.807, 2.05) is 37.3 Å². The number of aliphatic hydroxyl groups is 1. The van der Waals surface area contributed by atoms with Crippen molar-refractivity contribution in [3.05, 3.63) is 17.0 Å². The maximum atomic E-state index is 12.8. The fourth-order valence-electron chi connectivity index (χ4n) is 3.21. The molecule has 1 aliphatic heterocycles. The Balaban J connectivity index is 1.90. The van der Waals surface area contributed by atoms with Gasteiger partial charge in [-0.15, -0.1) is 0 Å². The largest absolute Gasteiger partial charge is 0.389 e. The summed E-state index contributed by atoms with van der Waals surface area (Å²) in [6.45, 7) is 13.0. The molecule has 0 aromatic carbocycles. The topological polar surface area (TPSA) is 70.8 Å². The molecule has 1 saturated heterocycles. The first-order chi connectivity index (χ1) is 11.5. The van der Waals surface area contributed by atoms with Gasteiger partial charge in [-0.2, -0.15) is 5.10 Å². The van der Waals surface area contributed by atoms with Crippen LogP contribution in [0.15, 0.2) is 0 Å². The lowest BCUT2D eigenvalue weighted by atomic mass is 10.1. The molecule has 1 aliphatic rings. The van der Waals surface area contributed by atoms with Crippen molar-refractivity contribution in [1.29, 1.82) is 0 Å². The molecule has 1 fully saturated rings. The predicted molar refractivity (Wildman–Crippen MR) is 92.2 cm³/mol. The first-order valence-corrected chi connectivity index (χ1v) is 8.79. The molecule has 1 N–H and O–H groups in total. The minimum absolute atomic E-state index is 0.0687. The van der Waals surface area contributed by atoms with Gasteiger partial charge >= 0.3 is 0 Å². The molecule has 2 heterocycles. The number of nitrogens with zero attached hydrogens (tertiary/aromatic N) is 4. The zero-order chi connectivity index (χ0) is 17.7. The van der Waals surface area contributed by atoms with Gasteiger partial charge in [0.1, 0.15) is 0 Å². The van der Waals surface area contributed by atoms with Gasteiger partial charge < -0.3 is 14.7 Å². The predicted octanol–water partition coefficient (Wildman–Crippen LogP) is 0.675.